The third-order valence-electron chi connectivity index (χ3n) is 4.77. The third kappa shape index (κ3) is 3.17. The molecule has 2 saturated heterocycles. The number of furan rings is 1. The lowest BCUT2D eigenvalue weighted by Gasteiger charge is -2.32. The van der Waals surface area contributed by atoms with Gasteiger partial charge in [0.25, 0.3) is 5.91 Å². The van der Waals surface area contributed by atoms with E-state index in [1.807, 2.05) is 37.3 Å². The number of nitrogens with one attached hydrogen (secondary N) is 1. The Hall–Kier alpha value is -2.60. The average molecular weight is 340 g/mol. The molecule has 1 aromatic heterocycles. The topological polar surface area (TPSA) is 71.8 Å². The van der Waals surface area contributed by atoms with Gasteiger partial charge in [-0.25, -0.2) is 0 Å². The molecule has 0 aliphatic carbocycles. The molecule has 0 spiro atoms. The zero-order valence-corrected chi connectivity index (χ0v) is 14.0. The minimum atomic E-state index is -0.275. The number of hydrogen-bond donors (Lipinski definition) is 1. The molecule has 2 aromatic rings. The Bertz CT molecular complexity index is 786. The number of para-hydroxylation sites is 1. The molecule has 3 heterocycles. The van der Waals surface area contributed by atoms with Crippen molar-refractivity contribution in [2.24, 2.45) is 5.92 Å². The summed E-state index contributed by atoms with van der Waals surface area (Å²) < 4.78 is 11.3. The Balaban J connectivity index is 1.43. The van der Waals surface area contributed by atoms with E-state index in [1.165, 1.54) is 0 Å². The smallest absolute Gasteiger partial charge is 0.289 e. The lowest BCUT2D eigenvalue weighted by molar-refractivity contribution is -0.122. The normalized spacial score (nSPS) is 25.0. The zero-order valence-electron chi connectivity index (χ0n) is 14.0. The van der Waals surface area contributed by atoms with Crippen molar-refractivity contribution in [3.8, 4) is 0 Å². The summed E-state index contributed by atoms with van der Waals surface area (Å²) in [7, 11) is 0. The molecule has 2 bridgehead atoms. The maximum atomic E-state index is 12.6. The average Bonchev–Trinajstić information content (AvgIpc) is 3.18. The molecule has 130 valence electrons. The molecule has 2 aliphatic heterocycles. The molecule has 3 atom stereocenters. The van der Waals surface area contributed by atoms with E-state index in [9.17, 15) is 9.59 Å². The van der Waals surface area contributed by atoms with Crippen molar-refractivity contribution in [2.75, 3.05) is 18.4 Å². The van der Waals surface area contributed by atoms with E-state index in [0.717, 1.165) is 5.69 Å². The van der Waals surface area contributed by atoms with Gasteiger partial charge >= 0.3 is 0 Å². The first-order valence-electron chi connectivity index (χ1n) is 8.47. The summed E-state index contributed by atoms with van der Waals surface area (Å²) in [5.41, 5.74) is 0.771. The summed E-state index contributed by atoms with van der Waals surface area (Å²) in [5.74, 6) is 0.600. The van der Waals surface area contributed by atoms with E-state index in [2.05, 4.69) is 5.32 Å². The molecule has 3 unspecified atom stereocenters. The predicted octanol–water partition coefficient (Wildman–Crippen LogP) is 2.46. The summed E-state index contributed by atoms with van der Waals surface area (Å²) in [6.07, 6.45) is 0.248. The SMILES string of the molecule is Cc1ccc(C(=O)N2CC3CC(C(=O)Nc4ccccc4)C(C2)O3)o1. The molecule has 2 fully saturated rings. The quantitative estimate of drug-likeness (QED) is 0.932. The molecule has 0 radical (unpaired) electrons. The van der Waals surface area contributed by atoms with Crippen molar-refractivity contribution in [2.45, 2.75) is 25.6 Å². The van der Waals surface area contributed by atoms with Crippen LogP contribution in [-0.2, 0) is 9.53 Å². The Labute approximate surface area is 145 Å². The maximum Gasteiger partial charge on any atom is 0.289 e. The number of anilines is 1. The summed E-state index contributed by atoms with van der Waals surface area (Å²) >= 11 is 0. The number of ether oxygens (including phenoxy) is 1. The molecule has 2 aliphatic rings. The van der Waals surface area contributed by atoms with Gasteiger partial charge in [-0.2, -0.15) is 0 Å². The molecule has 25 heavy (non-hydrogen) atoms. The van der Waals surface area contributed by atoms with Gasteiger partial charge in [0.2, 0.25) is 5.91 Å². The van der Waals surface area contributed by atoms with Crippen molar-refractivity contribution in [3.63, 3.8) is 0 Å². The number of likely N-dealkylation sites (tertiary alicyclic amines) is 1. The van der Waals surface area contributed by atoms with Crippen molar-refractivity contribution < 1.29 is 18.7 Å². The number of fused-ring (bicyclic) bond motifs is 2. The third-order valence-corrected chi connectivity index (χ3v) is 4.77. The van der Waals surface area contributed by atoms with Crippen molar-refractivity contribution in [3.05, 3.63) is 54.0 Å². The second-order valence-corrected chi connectivity index (χ2v) is 6.61. The molecular weight excluding hydrogens is 320 g/mol. The highest BCUT2D eigenvalue weighted by molar-refractivity contribution is 5.94. The van der Waals surface area contributed by atoms with Crippen LogP contribution in [0.4, 0.5) is 5.69 Å². The number of hydrogen-bond acceptors (Lipinski definition) is 4. The Morgan fingerprint density at radius 3 is 2.64 bits per heavy atom. The molecular formula is C19H20N2O4. The van der Waals surface area contributed by atoms with Crippen molar-refractivity contribution >= 4 is 17.5 Å². The molecule has 0 saturated carbocycles. The van der Waals surface area contributed by atoms with Gasteiger partial charge in [-0.05, 0) is 37.6 Å². The number of rotatable bonds is 3. The van der Waals surface area contributed by atoms with E-state index < -0.39 is 0 Å². The van der Waals surface area contributed by atoms with Gasteiger partial charge in [-0.3, -0.25) is 9.59 Å². The highest BCUT2D eigenvalue weighted by Gasteiger charge is 2.46. The van der Waals surface area contributed by atoms with E-state index in [4.69, 9.17) is 9.15 Å². The molecule has 2 amide bonds. The van der Waals surface area contributed by atoms with Gasteiger partial charge in [-0.15, -0.1) is 0 Å². The van der Waals surface area contributed by atoms with Gasteiger partial charge in [0.1, 0.15) is 5.76 Å². The van der Waals surface area contributed by atoms with Gasteiger partial charge in [0.15, 0.2) is 5.76 Å². The summed E-state index contributed by atoms with van der Waals surface area (Å²) in [4.78, 5) is 26.9. The van der Waals surface area contributed by atoms with Crippen LogP contribution in [0, 0.1) is 12.8 Å². The Kier molecular flexibility index (Phi) is 4.05. The number of nitrogens with zero attached hydrogens (tertiary/aromatic N) is 1. The van der Waals surface area contributed by atoms with Crippen molar-refractivity contribution in [1.82, 2.24) is 4.90 Å². The minimum Gasteiger partial charge on any atom is -0.456 e. The fraction of sp³-hybridized carbons (Fsp3) is 0.368. The molecule has 6 heteroatoms. The number of morpholine rings is 1. The first-order valence-corrected chi connectivity index (χ1v) is 8.47. The fourth-order valence-electron chi connectivity index (χ4n) is 3.56. The summed E-state index contributed by atoms with van der Waals surface area (Å²) in [6, 6.07) is 12.8. The van der Waals surface area contributed by atoms with Crippen LogP contribution in [0.2, 0.25) is 0 Å². The number of aryl methyl sites for hydroxylation is 1. The monoisotopic (exact) mass is 340 g/mol. The Morgan fingerprint density at radius 2 is 1.92 bits per heavy atom. The van der Waals surface area contributed by atoms with E-state index in [0.29, 0.717) is 31.0 Å². The summed E-state index contributed by atoms with van der Waals surface area (Å²) in [6.45, 7) is 2.70. The van der Waals surface area contributed by atoms with Crippen LogP contribution in [0.5, 0.6) is 0 Å². The highest BCUT2D eigenvalue weighted by atomic mass is 16.5. The second kappa shape index (κ2) is 6.37. The number of amides is 2. The van der Waals surface area contributed by atoms with Crippen LogP contribution in [0.15, 0.2) is 46.9 Å². The van der Waals surface area contributed by atoms with E-state index in [1.54, 1.807) is 17.0 Å². The lowest BCUT2D eigenvalue weighted by atomic mass is 9.99. The molecule has 4 rings (SSSR count). The first-order chi connectivity index (χ1) is 12.1. The minimum absolute atomic E-state index is 0.0538. The molecule has 6 nitrogen and oxygen atoms in total. The lowest BCUT2D eigenvalue weighted by Crippen LogP contribution is -2.47. The highest BCUT2D eigenvalue weighted by Crippen LogP contribution is 2.33. The van der Waals surface area contributed by atoms with Crippen molar-refractivity contribution in [1.29, 1.82) is 0 Å². The second-order valence-electron chi connectivity index (χ2n) is 6.61. The maximum absolute atomic E-state index is 12.6. The van der Waals surface area contributed by atoms with Crippen LogP contribution < -0.4 is 5.32 Å². The fourth-order valence-corrected chi connectivity index (χ4v) is 3.56. The molecule has 1 N–H and O–H groups in total. The van der Waals surface area contributed by atoms with Crippen LogP contribution in [0.1, 0.15) is 22.7 Å². The van der Waals surface area contributed by atoms with Crippen LogP contribution in [-0.4, -0.2) is 42.0 Å². The predicted molar refractivity (Wildman–Crippen MR) is 91.2 cm³/mol. The van der Waals surface area contributed by atoms with Gasteiger partial charge in [-0.1, -0.05) is 18.2 Å². The van der Waals surface area contributed by atoms with E-state index >= 15 is 0 Å². The summed E-state index contributed by atoms with van der Waals surface area (Å²) in [5, 5.41) is 2.93. The van der Waals surface area contributed by atoms with Gasteiger partial charge in [0.05, 0.1) is 18.1 Å². The van der Waals surface area contributed by atoms with E-state index in [-0.39, 0.29) is 29.9 Å². The molecule has 1 aromatic carbocycles. The van der Waals surface area contributed by atoms with Gasteiger partial charge in [0, 0.05) is 18.8 Å². The first kappa shape index (κ1) is 15.9. The number of carbonyl (C=O) groups is 2. The number of benzene rings is 1. The largest absolute Gasteiger partial charge is 0.456 e. The van der Waals surface area contributed by atoms with Crippen LogP contribution >= 0.6 is 0 Å². The standard InChI is InChI=1S/C19H20N2O4/c1-12-7-8-16(24-12)19(23)21-10-14-9-15(17(11-21)25-14)18(22)20-13-5-3-2-4-6-13/h2-8,14-15,17H,9-11H2,1H3,(H,20,22). The van der Waals surface area contributed by atoms with Crippen LogP contribution in [0.25, 0.3) is 0 Å². The Morgan fingerprint density at radius 1 is 1.12 bits per heavy atom. The van der Waals surface area contributed by atoms with Crippen LogP contribution in [0.3, 0.4) is 0 Å². The number of carbonyl (C=O) groups excluding carboxylic acids is 2. The van der Waals surface area contributed by atoms with Gasteiger partial charge < -0.3 is 19.4 Å². The zero-order chi connectivity index (χ0) is 17.4.